The van der Waals surface area contributed by atoms with Gasteiger partial charge >= 0.3 is 35.8 Å². The fourth-order valence-corrected chi connectivity index (χ4v) is 3.98. The van der Waals surface area contributed by atoms with E-state index in [1.807, 2.05) is 0 Å². The lowest BCUT2D eigenvalue weighted by atomic mass is 9.71. The molecule has 1 fully saturated rings. The normalized spacial score (nSPS) is 28.1. The Balaban J connectivity index is 4.00. The second-order valence-corrected chi connectivity index (χ2v) is 7.66. The second-order valence-electron chi connectivity index (χ2n) is 7.66. The number of aliphatic hydroxyl groups excluding tert-OH is 1. The van der Waals surface area contributed by atoms with Crippen LogP contribution in [0.15, 0.2) is 0 Å². The van der Waals surface area contributed by atoms with E-state index in [4.69, 9.17) is 28.4 Å². The zero-order valence-electron chi connectivity index (χ0n) is 19.9. The second kappa shape index (κ2) is 12.3. The molecule has 0 heterocycles. The Morgan fingerprint density at radius 3 is 1.24 bits per heavy atom. The number of carbonyl (C=O) groups excluding carboxylic acids is 6. The molecule has 0 bridgehead atoms. The van der Waals surface area contributed by atoms with Crippen LogP contribution in [0.5, 0.6) is 0 Å². The molecule has 1 aliphatic carbocycles. The van der Waals surface area contributed by atoms with E-state index in [1.54, 1.807) is 0 Å². The van der Waals surface area contributed by atoms with Crippen molar-refractivity contribution in [3.05, 3.63) is 0 Å². The predicted octanol–water partition coefficient (Wildman–Crippen LogP) is -0.267. The van der Waals surface area contributed by atoms with Gasteiger partial charge in [0.15, 0.2) is 36.1 Å². The summed E-state index contributed by atoms with van der Waals surface area (Å²) in [4.78, 5) is 72.1. The molecule has 0 spiro atoms. The van der Waals surface area contributed by atoms with Gasteiger partial charge < -0.3 is 33.5 Å². The Hall–Kier alpha value is -3.22. The molecule has 0 aliphatic heterocycles. The zero-order chi connectivity index (χ0) is 26.2. The standard InChI is InChI=1S/C21H30O13/c1-10(23)29-16-17(30-11(2)24)19(32-13(4)26)21(8-7-9-22,34-15(6)28)20(33-14(5)27)18(16)31-12(3)25/h16-20,22H,7-9H2,1-6H3/t16-,17?,18?,19?,20?,21+. The Morgan fingerprint density at radius 2 is 0.941 bits per heavy atom. The highest BCUT2D eigenvalue weighted by Crippen LogP contribution is 2.44. The fraction of sp³-hybridized carbons (Fsp3) is 0.714. The van der Waals surface area contributed by atoms with Gasteiger partial charge in [0.2, 0.25) is 0 Å². The van der Waals surface area contributed by atoms with Crippen molar-refractivity contribution in [3.8, 4) is 0 Å². The summed E-state index contributed by atoms with van der Waals surface area (Å²) in [7, 11) is 0. The highest BCUT2D eigenvalue weighted by atomic mass is 16.7. The number of aliphatic hydroxyl groups is 1. The van der Waals surface area contributed by atoms with Gasteiger partial charge in [0, 0.05) is 48.1 Å². The predicted molar refractivity (Wildman–Crippen MR) is 109 cm³/mol. The van der Waals surface area contributed by atoms with Crippen molar-refractivity contribution in [2.45, 2.75) is 90.5 Å². The van der Waals surface area contributed by atoms with Crippen molar-refractivity contribution in [1.82, 2.24) is 0 Å². The van der Waals surface area contributed by atoms with Crippen molar-refractivity contribution >= 4 is 35.8 Å². The van der Waals surface area contributed by atoms with Crippen LogP contribution in [0, 0.1) is 0 Å². The molecule has 13 nitrogen and oxygen atoms in total. The first kappa shape index (κ1) is 28.8. The maximum Gasteiger partial charge on any atom is 0.303 e. The Labute approximate surface area is 195 Å². The number of ether oxygens (including phenoxy) is 6. The molecular formula is C21H30O13. The summed E-state index contributed by atoms with van der Waals surface area (Å²) in [5.41, 5.74) is -2.11. The molecule has 192 valence electrons. The lowest BCUT2D eigenvalue weighted by Gasteiger charge is -2.53. The van der Waals surface area contributed by atoms with Crippen LogP contribution in [0.2, 0.25) is 0 Å². The Bertz CT molecular complexity index is 760. The largest absolute Gasteiger partial charge is 0.454 e. The maximum atomic E-state index is 12.2. The minimum absolute atomic E-state index is 0.0688. The smallest absolute Gasteiger partial charge is 0.303 e. The topological polar surface area (TPSA) is 178 Å². The Morgan fingerprint density at radius 1 is 0.588 bits per heavy atom. The van der Waals surface area contributed by atoms with Crippen molar-refractivity contribution < 1.29 is 62.3 Å². The van der Waals surface area contributed by atoms with Gasteiger partial charge in [-0.05, 0) is 12.8 Å². The zero-order valence-corrected chi connectivity index (χ0v) is 19.9. The summed E-state index contributed by atoms with van der Waals surface area (Å²) >= 11 is 0. The van der Waals surface area contributed by atoms with Crippen LogP contribution in [0.3, 0.4) is 0 Å². The van der Waals surface area contributed by atoms with Crippen LogP contribution in [-0.2, 0) is 57.2 Å². The quantitative estimate of drug-likeness (QED) is 0.330. The van der Waals surface area contributed by atoms with Crippen LogP contribution in [-0.4, -0.2) is 83.7 Å². The molecule has 0 aromatic heterocycles. The summed E-state index contributed by atoms with van der Waals surface area (Å²) in [5.74, 6) is -5.41. The molecule has 0 radical (unpaired) electrons. The van der Waals surface area contributed by atoms with E-state index in [0.717, 1.165) is 41.5 Å². The minimum Gasteiger partial charge on any atom is -0.454 e. The minimum atomic E-state index is -2.11. The van der Waals surface area contributed by atoms with E-state index >= 15 is 0 Å². The molecule has 1 aliphatic rings. The maximum absolute atomic E-state index is 12.2. The first-order valence-corrected chi connectivity index (χ1v) is 10.4. The van der Waals surface area contributed by atoms with Gasteiger partial charge in [-0.3, -0.25) is 28.8 Å². The van der Waals surface area contributed by atoms with Crippen LogP contribution in [0.1, 0.15) is 54.4 Å². The first-order chi connectivity index (χ1) is 15.7. The van der Waals surface area contributed by atoms with E-state index in [1.165, 1.54) is 0 Å². The van der Waals surface area contributed by atoms with Gasteiger partial charge in [0.05, 0.1) is 0 Å². The summed E-state index contributed by atoms with van der Waals surface area (Å²) in [5, 5.41) is 9.48. The number of carbonyl (C=O) groups is 6. The molecule has 0 saturated heterocycles. The molecule has 1 saturated carbocycles. The number of hydrogen-bond donors (Lipinski definition) is 1. The summed E-state index contributed by atoms with van der Waals surface area (Å²) in [6.45, 7) is 5.72. The van der Waals surface area contributed by atoms with Gasteiger partial charge in [0.25, 0.3) is 0 Å². The summed E-state index contributed by atoms with van der Waals surface area (Å²) in [6.07, 6.45) is -8.67. The van der Waals surface area contributed by atoms with Crippen LogP contribution in [0.4, 0.5) is 0 Å². The van der Waals surface area contributed by atoms with E-state index < -0.39 is 78.5 Å². The first-order valence-electron chi connectivity index (χ1n) is 10.4. The number of esters is 6. The third-order valence-electron chi connectivity index (χ3n) is 4.76. The molecule has 34 heavy (non-hydrogen) atoms. The van der Waals surface area contributed by atoms with Gasteiger partial charge in [-0.25, -0.2) is 0 Å². The van der Waals surface area contributed by atoms with Crippen molar-refractivity contribution in [1.29, 1.82) is 0 Å². The fourth-order valence-electron chi connectivity index (χ4n) is 3.98. The number of hydrogen-bond acceptors (Lipinski definition) is 13. The Kier molecular flexibility index (Phi) is 10.4. The average molecular weight is 490 g/mol. The molecule has 1 rings (SSSR count). The molecule has 13 heteroatoms. The van der Waals surface area contributed by atoms with Gasteiger partial charge in [-0.2, -0.15) is 0 Å². The highest BCUT2D eigenvalue weighted by molar-refractivity contribution is 5.71. The van der Waals surface area contributed by atoms with E-state index in [9.17, 15) is 33.9 Å². The van der Waals surface area contributed by atoms with E-state index in [2.05, 4.69) is 0 Å². The molecule has 1 N–H and O–H groups in total. The van der Waals surface area contributed by atoms with Gasteiger partial charge in [0.1, 0.15) is 0 Å². The molecule has 0 amide bonds. The van der Waals surface area contributed by atoms with Crippen LogP contribution in [0.25, 0.3) is 0 Å². The molecule has 0 aromatic carbocycles. The average Bonchev–Trinajstić information content (AvgIpc) is 2.67. The highest BCUT2D eigenvalue weighted by Gasteiger charge is 2.68. The molecule has 0 aromatic rings. The molecule has 4 unspecified atom stereocenters. The third-order valence-corrected chi connectivity index (χ3v) is 4.76. The number of rotatable bonds is 9. The summed E-state index contributed by atoms with van der Waals surface area (Å²) < 4.78 is 32.3. The molecule has 4 atom stereocenters. The lowest BCUT2D eigenvalue weighted by molar-refractivity contribution is -0.291. The monoisotopic (exact) mass is 490 g/mol. The summed E-state index contributed by atoms with van der Waals surface area (Å²) in [6, 6.07) is 0. The van der Waals surface area contributed by atoms with Crippen LogP contribution < -0.4 is 0 Å². The third kappa shape index (κ3) is 7.40. The van der Waals surface area contributed by atoms with Crippen molar-refractivity contribution in [3.63, 3.8) is 0 Å². The van der Waals surface area contributed by atoms with Crippen molar-refractivity contribution in [2.24, 2.45) is 0 Å². The van der Waals surface area contributed by atoms with E-state index in [0.29, 0.717) is 0 Å². The van der Waals surface area contributed by atoms with Gasteiger partial charge in [-0.15, -0.1) is 0 Å². The van der Waals surface area contributed by atoms with Crippen LogP contribution >= 0.6 is 0 Å². The van der Waals surface area contributed by atoms with Gasteiger partial charge in [-0.1, -0.05) is 0 Å². The van der Waals surface area contributed by atoms with Crippen molar-refractivity contribution in [2.75, 3.05) is 6.61 Å². The SMILES string of the molecule is CC(=O)OC1C(OC(C)=O)[C@](CCCO)(OC(C)=O)C(OC(C)=O)C(OC(C)=O)[C@@H]1OC(C)=O. The lowest BCUT2D eigenvalue weighted by Crippen LogP contribution is -2.75. The van der Waals surface area contributed by atoms with E-state index in [-0.39, 0.29) is 12.8 Å². The molecular weight excluding hydrogens is 460 g/mol.